The minimum Gasteiger partial charge on any atom is -0.531 e. The fraction of sp³-hybridized carbons (Fsp3) is 0.324. The Bertz CT molecular complexity index is 1460. The Balaban J connectivity index is 1.39. The molecule has 4 nitrogen and oxygen atoms in total. The highest BCUT2D eigenvalue weighted by Crippen LogP contribution is 2.42. The maximum absolute atomic E-state index is 14.0. The Morgan fingerprint density at radius 3 is 1.95 bits per heavy atom. The normalized spacial score (nSPS) is 14.8. The summed E-state index contributed by atoms with van der Waals surface area (Å²) in [5.74, 6) is 0.958. The van der Waals surface area contributed by atoms with Crippen LogP contribution in [0.5, 0.6) is 11.5 Å². The van der Waals surface area contributed by atoms with Crippen LogP contribution >= 0.6 is 0 Å². The molecule has 4 aromatic carbocycles. The van der Waals surface area contributed by atoms with Gasteiger partial charge in [-0.15, -0.1) is 0 Å². The lowest BCUT2D eigenvalue weighted by Crippen LogP contribution is -2.68. The van der Waals surface area contributed by atoms with Crippen molar-refractivity contribution in [3.05, 3.63) is 120 Å². The monoisotopic (exact) mass is 595 g/mol. The van der Waals surface area contributed by atoms with E-state index in [1.54, 1.807) is 7.11 Å². The highest BCUT2D eigenvalue weighted by molar-refractivity contribution is 7.00. The average molecular weight is 596 g/mol. The SMILES string of the molecule is COc1c(O[Si](c2ccccc2)(c2ccccc2)C(C)(C)C)cccc1C(=O)C1CCN(CCc2ccc(F)cc2)CC1. The number of nitrogens with zero attached hydrogens (tertiary/aromatic N) is 1. The Kier molecular flexibility index (Phi) is 9.48. The van der Waals surface area contributed by atoms with Gasteiger partial charge in [-0.05, 0) is 77.6 Å². The maximum atomic E-state index is 14.0. The molecule has 0 amide bonds. The van der Waals surface area contributed by atoms with Gasteiger partial charge in [0.05, 0.1) is 12.7 Å². The van der Waals surface area contributed by atoms with Gasteiger partial charge in [-0.2, -0.15) is 0 Å². The molecule has 1 saturated heterocycles. The number of benzene rings is 4. The number of hydrogen-bond acceptors (Lipinski definition) is 4. The fourth-order valence-corrected chi connectivity index (χ4v) is 10.8. The minimum absolute atomic E-state index is 0.0703. The summed E-state index contributed by atoms with van der Waals surface area (Å²) in [6.45, 7) is 9.34. The second-order valence-corrected chi connectivity index (χ2v) is 16.7. The number of likely N-dealkylation sites (tertiary alicyclic amines) is 1. The van der Waals surface area contributed by atoms with Gasteiger partial charge in [0, 0.05) is 12.5 Å². The molecule has 43 heavy (non-hydrogen) atoms. The quantitative estimate of drug-likeness (QED) is 0.148. The van der Waals surface area contributed by atoms with Crippen molar-refractivity contribution in [3.63, 3.8) is 0 Å². The summed E-state index contributed by atoms with van der Waals surface area (Å²) in [5.41, 5.74) is 1.71. The molecule has 0 aliphatic carbocycles. The molecule has 0 unspecified atom stereocenters. The van der Waals surface area contributed by atoms with Crippen molar-refractivity contribution in [3.8, 4) is 11.5 Å². The molecule has 0 bridgehead atoms. The van der Waals surface area contributed by atoms with E-state index < -0.39 is 8.32 Å². The number of ether oxygens (including phenoxy) is 1. The maximum Gasteiger partial charge on any atom is 0.320 e. The zero-order valence-corrected chi connectivity index (χ0v) is 26.7. The molecule has 6 heteroatoms. The number of Topliss-reactive ketones (excluding diaryl/α,β-unsaturated/α-hetero) is 1. The summed E-state index contributed by atoms with van der Waals surface area (Å²) in [4.78, 5) is 16.4. The van der Waals surface area contributed by atoms with Gasteiger partial charge >= 0.3 is 8.32 Å². The van der Waals surface area contributed by atoms with Gasteiger partial charge < -0.3 is 14.1 Å². The molecule has 1 fully saturated rings. The van der Waals surface area contributed by atoms with Crippen molar-refractivity contribution in [2.45, 2.75) is 45.1 Å². The van der Waals surface area contributed by atoms with Crippen LogP contribution in [0.3, 0.4) is 0 Å². The molecule has 5 rings (SSSR count). The van der Waals surface area contributed by atoms with Crippen LogP contribution < -0.4 is 19.5 Å². The highest BCUT2D eigenvalue weighted by atomic mass is 28.4. The lowest BCUT2D eigenvalue weighted by molar-refractivity contribution is 0.0837. The number of para-hydroxylation sites is 1. The van der Waals surface area contributed by atoms with Crippen molar-refractivity contribution < 1.29 is 18.3 Å². The number of halogens is 1. The van der Waals surface area contributed by atoms with Gasteiger partial charge in [-0.1, -0.05) is 99.6 Å². The Hall–Kier alpha value is -3.74. The number of carbonyl (C=O) groups excluding carboxylic acids is 1. The van der Waals surface area contributed by atoms with Crippen LogP contribution in [0, 0.1) is 11.7 Å². The molecular weight excluding hydrogens is 553 g/mol. The first-order valence-electron chi connectivity index (χ1n) is 15.2. The molecule has 0 saturated carbocycles. The molecule has 1 heterocycles. The number of methoxy groups -OCH3 is 1. The van der Waals surface area contributed by atoms with Crippen molar-refractivity contribution >= 4 is 24.5 Å². The van der Waals surface area contributed by atoms with Crippen LogP contribution in [0.1, 0.15) is 49.5 Å². The highest BCUT2D eigenvalue weighted by Gasteiger charge is 2.52. The third-order valence-electron chi connectivity index (χ3n) is 8.72. The van der Waals surface area contributed by atoms with E-state index in [0.29, 0.717) is 17.1 Å². The summed E-state index contributed by atoms with van der Waals surface area (Å²) in [7, 11) is -1.28. The minimum atomic E-state index is -2.90. The number of ketones is 1. The number of carbonyl (C=O) groups is 1. The van der Waals surface area contributed by atoms with E-state index in [9.17, 15) is 9.18 Å². The van der Waals surface area contributed by atoms with Crippen LogP contribution in [0.2, 0.25) is 5.04 Å². The first kappa shape index (κ1) is 30.7. The molecule has 4 aromatic rings. The van der Waals surface area contributed by atoms with Crippen LogP contribution in [-0.4, -0.2) is 45.7 Å². The molecule has 0 radical (unpaired) electrons. The summed E-state index contributed by atoms with van der Waals surface area (Å²) < 4.78 is 26.5. The Morgan fingerprint density at radius 2 is 1.42 bits per heavy atom. The molecule has 0 aromatic heterocycles. The summed E-state index contributed by atoms with van der Waals surface area (Å²) >= 11 is 0. The first-order chi connectivity index (χ1) is 20.7. The van der Waals surface area contributed by atoms with Crippen molar-refractivity contribution in [1.82, 2.24) is 4.90 Å². The second-order valence-electron chi connectivity index (χ2n) is 12.5. The van der Waals surface area contributed by atoms with Gasteiger partial charge in [0.2, 0.25) is 0 Å². The van der Waals surface area contributed by atoms with Crippen molar-refractivity contribution in [2.75, 3.05) is 26.7 Å². The Morgan fingerprint density at radius 1 is 0.837 bits per heavy atom. The van der Waals surface area contributed by atoms with E-state index in [4.69, 9.17) is 9.16 Å². The van der Waals surface area contributed by atoms with Crippen LogP contribution in [-0.2, 0) is 6.42 Å². The number of rotatable bonds is 10. The van der Waals surface area contributed by atoms with E-state index in [1.165, 1.54) is 22.5 Å². The Labute approximate surface area is 256 Å². The first-order valence-corrected chi connectivity index (χ1v) is 17.1. The fourth-order valence-electron chi connectivity index (χ4n) is 6.39. The van der Waals surface area contributed by atoms with Gasteiger partial charge in [-0.25, -0.2) is 4.39 Å². The van der Waals surface area contributed by atoms with E-state index >= 15 is 0 Å². The standard InChI is InChI=1S/C37H42FNO3Si/c1-37(2,3)43(31-12-7-5-8-13-31,32-14-9-6-10-15-32)42-34-17-11-16-33(36(34)41-4)35(40)29-23-26-39(27-24-29)25-22-28-18-20-30(38)21-19-28/h5-21,29H,22-27H2,1-4H3. The molecular formula is C37H42FNO3Si. The topological polar surface area (TPSA) is 38.8 Å². The average Bonchev–Trinajstić information content (AvgIpc) is 3.03. The van der Waals surface area contributed by atoms with Crippen molar-refractivity contribution in [1.29, 1.82) is 0 Å². The summed E-state index contributed by atoms with van der Waals surface area (Å²) in [5, 5.41) is 2.11. The molecule has 0 atom stereocenters. The van der Waals surface area contributed by atoms with Gasteiger partial charge in [0.25, 0.3) is 0 Å². The zero-order chi connectivity index (χ0) is 30.5. The molecule has 1 aliphatic rings. The third kappa shape index (κ3) is 6.61. The second kappa shape index (κ2) is 13.3. The van der Waals surface area contributed by atoms with Crippen LogP contribution in [0.25, 0.3) is 0 Å². The number of piperidine rings is 1. The van der Waals surface area contributed by atoms with Crippen molar-refractivity contribution in [2.24, 2.45) is 5.92 Å². The third-order valence-corrected chi connectivity index (χ3v) is 13.6. The lowest BCUT2D eigenvalue weighted by atomic mass is 9.88. The van der Waals surface area contributed by atoms with E-state index in [-0.39, 0.29) is 22.6 Å². The summed E-state index contributed by atoms with van der Waals surface area (Å²) in [6.07, 6.45) is 2.46. The molecule has 224 valence electrons. The van der Waals surface area contributed by atoms with E-state index in [0.717, 1.165) is 44.5 Å². The molecule has 0 N–H and O–H groups in total. The number of hydrogen-bond donors (Lipinski definition) is 0. The zero-order valence-electron chi connectivity index (χ0n) is 25.7. The summed E-state index contributed by atoms with van der Waals surface area (Å²) in [6, 6.07) is 33.4. The largest absolute Gasteiger partial charge is 0.531 e. The van der Waals surface area contributed by atoms with E-state index in [1.807, 2.05) is 42.5 Å². The van der Waals surface area contributed by atoms with Crippen LogP contribution in [0.15, 0.2) is 103 Å². The van der Waals surface area contributed by atoms with E-state index in [2.05, 4.69) is 74.2 Å². The molecule has 0 spiro atoms. The van der Waals surface area contributed by atoms with Crippen LogP contribution in [0.4, 0.5) is 4.39 Å². The molecule has 1 aliphatic heterocycles. The lowest BCUT2D eigenvalue weighted by Gasteiger charge is -2.43. The van der Waals surface area contributed by atoms with Gasteiger partial charge in [-0.3, -0.25) is 4.79 Å². The predicted octanol–water partition coefficient (Wildman–Crippen LogP) is 6.91. The smallest absolute Gasteiger partial charge is 0.320 e. The predicted molar refractivity (Wildman–Crippen MR) is 175 cm³/mol. The van der Waals surface area contributed by atoms with Gasteiger partial charge in [0.15, 0.2) is 11.5 Å². The van der Waals surface area contributed by atoms with Gasteiger partial charge in [0.1, 0.15) is 11.6 Å².